The number of carboxylic acids is 1. The highest BCUT2D eigenvalue weighted by molar-refractivity contribution is 7.80. The molecule has 1 rings (SSSR count). The first kappa shape index (κ1) is 55.1. The monoisotopic (exact) mass is 920 g/mol. The molecule has 1 saturated heterocycles. The Labute approximate surface area is 370 Å². The second-order valence-corrected chi connectivity index (χ2v) is 15.6. The Bertz CT molecular complexity index is 1620. The number of amides is 8. The maximum Gasteiger partial charge on any atom is 0.327 e. The fourth-order valence-corrected chi connectivity index (χ4v) is 6.34. The molecule has 0 aliphatic carbocycles. The van der Waals surface area contributed by atoms with Gasteiger partial charge in [0.2, 0.25) is 47.3 Å². The number of guanidine groups is 1. The minimum absolute atomic E-state index is 0.00521. The summed E-state index contributed by atoms with van der Waals surface area (Å²) >= 11 is 7.91. The van der Waals surface area contributed by atoms with Crippen LogP contribution >= 0.6 is 25.3 Å². The van der Waals surface area contributed by atoms with E-state index in [2.05, 4.69) is 67.5 Å². The largest absolute Gasteiger partial charge is 0.480 e. The van der Waals surface area contributed by atoms with Crippen molar-refractivity contribution in [3.8, 4) is 0 Å². The average Bonchev–Trinajstić information content (AvgIpc) is 3.72. The normalized spacial score (nSPS) is 18.4. The molecule has 0 spiro atoms. The maximum atomic E-state index is 13.8. The van der Waals surface area contributed by atoms with Crippen molar-refractivity contribution in [1.82, 2.24) is 42.1 Å². The quantitative estimate of drug-likeness (QED) is 0.0166. The molecule has 8 amide bonds. The van der Waals surface area contributed by atoms with Crippen LogP contribution in [0.1, 0.15) is 66.7 Å². The summed E-state index contributed by atoms with van der Waals surface area (Å²) in [4.78, 5) is 122. The van der Waals surface area contributed by atoms with E-state index in [9.17, 15) is 58.5 Å². The van der Waals surface area contributed by atoms with E-state index in [-0.39, 0.29) is 49.8 Å². The average molecular weight is 921 g/mol. The Morgan fingerprint density at radius 1 is 0.742 bits per heavy atom. The Hall–Kier alpha value is -4.92. The third-order valence-electron chi connectivity index (χ3n) is 9.91. The molecule has 62 heavy (non-hydrogen) atoms. The molecule has 0 aromatic carbocycles. The third kappa shape index (κ3) is 17.5. The van der Waals surface area contributed by atoms with E-state index in [1.807, 2.05) is 0 Å². The first-order valence-corrected chi connectivity index (χ1v) is 21.3. The van der Waals surface area contributed by atoms with Crippen molar-refractivity contribution < 1.29 is 58.5 Å². The van der Waals surface area contributed by atoms with Gasteiger partial charge in [-0.3, -0.25) is 43.3 Å². The fourth-order valence-electron chi connectivity index (χ4n) is 5.93. The van der Waals surface area contributed by atoms with Crippen molar-refractivity contribution in [2.24, 2.45) is 28.1 Å². The number of likely N-dealkylation sites (tertiary alicyclic amines) is 1. The number of nitrogens with two attached hydrogens (primary N) is 3. The van der Waals surface area contributed by atoms with Gasteiger partial charge in [-0.1, -0.05) is 20.3 Å². The Balaban J connectivity index is 3.02. The number of aliphatic imine (C=N–C) groups is 1. The van der Waals surface area contributed by atoms with E-state index < -0.39 is 126 Å². The van der Waals surface area contributed by atoms with Crippen LogP contribution in [-0.2, 0) is 43.2 Å². The van der Waals surface area contributed by atoms with Crippen LogP contribution in [0.4, 0.5) is 0 Å². The van der Waals surface area contributed by atoms with E-state index in [0.29, 0.717) is 12.8 Å². The van der Waals surface area contributed by atoms with Crippen LogP contribution in [0.2, 0.25) is 0 Å². The van der Waals surface area contributed by atoms with Gasteiger partial charge in [0.1, 0.15) is 48.3 Å². The first-order valence-electron chi connectivity index (χ1n) is 20.0. The summed E-state index contributed by atoms with van der Waals surface area (Å²) in [6, 6.07) is -11.7. The van der Waals surface area contributed by atoms with Gasteiger partial charge in [0.25, 0.3) is 0 Å². The maximum absolute atomic E-state index is 13.8. The highest BCUT2D eigenvalue weighted by atomic mass is 32.1. The van der Waals surface area contributed by atoms with E-state index in [0.717, 1.165) is 4.90 Å². The summed E-state index contributed by atoms with van der Waals surface area (Å²) in [6.45, 7) is 6.43. The van der Waals surface area contributed by atoms with Crippen LogP contribution < -0.4 is 54.4 Å². The number of hydrogen-bond acceptors (Lipinski definition) is 15. The van der Waals surface area contributed by atoms with Crippen molar-refractivity contribution in [3.05, 3.63) is 0 Å². The second kappa shape index (κ2) is 27.2. The third-order valence-corrected chi connectivity index (χ3v) is 10.7. The van der Waals surface area contributed by atoms with Gasteiger partial charge < -0.3 is 74.6 Å². The highest BCUT2D eigenvalue weighted by Gasteiger charge is 2.41. The smallest absolute Gasteiger partial charge is 0.327 e. The Morgan fingerprint density at radius 3 is 1.81 bits per heavy atom. The Morgan fingerprint density at radius 2 is 1.29 bits per heavy atom. The molecule has 1 aliphatic rings. The molecule has 1 aliphatic heterocycles. The summed E-state index contributed by atoms with van der Waals surface area (Å²) < 4.78 is 0. The number of rotatable bonds is 26. The van der Waals surface area contributed by atoms with Crippen molar-refractivity contribution in [2.75, 3.05) is 31.2 Å². The molecule has 16 N–H and O–H groups in total. The van der Waals surface area contributed by atoms with Gasteiger partial charge in [0.15, 0.2) is 5.96 Å². The molecule has 11 atom stereocenters. The molecule has 0 radical (unpaired) electrons. The zero-order valence-corrected chi connectivity index (χ0v) is 37.2. The number of carboxylic acid groups (broad SMARTS) is 1. The Kier molecular flexibility index (Phi) is 24.2. The number of carbonyl (C=O) groups excluding carboxylic acids is 8. The molecule has 1 fully saturated rings. The zero-order chi connectivity index (χ0) is 47.4. The van der Waals surface area contributed by atoms with Gasteiger partial charge in [-0.2, -0.15) is 25.3 Å². The summed E-state index contributed by atoms with van der Waals surface area (Å²) in [7, 11) is 0. The summed E-state index contributed by atoms with van der Waals surface area (Å²) in [5.74, 6) is -8.90. The molecular weight excluding hydrogens is 857 g/mol. The molecule has 0 bridgehead atoms. The van der Waals surface area contributed by atoms with Crippen molar-refractivity contribution in [2.45, 2.75) is 127 Å². The van der Waals surface area contributed by atoms with Gasteiger partial charge in [0.05, 0.1) is 18.8 Å². The summed E-state index contributed by atoms with van der Waals surface area (Å²) in [5.41, 5.74) is 16.4. The molecule has 352 valence electrons. The predicted molar refractivity (Wildman–Crippen MR) is 231 cm³/mol. The zero-order valence-electron chi connectivity index (χ0n) is 35.5. The fraction of sp³-hybridized carbons (Fsp3) is 0.722. The second-order valence-electron chi connectivity index (χ2n) is 14.9. The predicted octanol–water partition coefficient (Wildman–Crippen LogP) is -5.84. The lowest BCUT2D eigenvalue weighted by Crippen LogP contribution is -2.62. The SMILES string of the molecule is CC[C@H](C)[C@H](NC(=O)[C@H](CO)NC(=O)[C@@H]1CCCN1C(=O)[C@@H](NC(=O)[C@H](C)NC(=O)[C@H](C)NC(=O)[C@H](CCCN=C(N)N)NC(=O)[C@@H](N)CS)[C@@H](C)O)C(=O)N[C@@H](CS)C(=O)O. The molecular formula is C36H64N12O12S2. The number of aliphatic hydroxyl groups is 2. The first-order chi connectivity index (χ1) is 29.0. The van der Waals surface area contributed by atoms with Gasteiger partial charge in [-0.15, -0.1) is 0 Å². The van der Waals surface area contributed by atoms with E-state index >= 15 is 0 Å². The minimum Gasteiger partial charge on any atom is -0.480 e. The lowest BCUT2D eigenvalue weighted by molar-refractivity contribution is -0.145. The lowest BCUT2D eigenvalue weighted by Gasteiger charge is -2.31. The molecule has 24 nitrogen and oxygen atoms in total. The van der Waals surface area contributed by atoms with E-state index in [1.54, 1.807) is 13.8 Å². The van der Waals surface area contributed by atoms with Crippen molar-refractivity contribution >= 4 is 84.4 Å². The van der Waals surface area contributed by atoms with Crippen LogP contribution in [0.5, 0.6) is 0 Å². The molecule has 0 aromatic rings. The van der Waals surface area contributed by atoms with Crippen molar-refractivity contribution in [3.63, 3.8) is 0 Å². The number of carbonyl (C=O) groups is 9. The molecule has 1 heterocycles. The number of aliphatic carboxylic acids is 1. The number of thiol groups is 2. The van der Waals surface area contributed by atoms with Gasteiger partial charge >= 0.3 is 5.97 Å². The van der Waals surface area contributed by atoms with Gasteiger partial charge in [-0.25, -0.2) is 4.79 Å². The molecule has 26 heteroatoms. The lowest BCUT2D eigenvalue weighted by atomic mass is 9.97. The standard InChI is InChI=1S/C36H64N12O12S2/c1-6-16(2)25(33(57)45-23(15-62)35(59)60)46-31(55)22(13-49)44-32(56)24-10-8-12-48(24)34(58)26(19(5)50)47-28(52)18(4)41-27(51)17(3)42-30(54)21(9-7-11-40-36(38)39)43-29(53)20(37)14-61/h16-26,49-50,61-62H,6-15,37H2,1-5H3,(H,41,51)(H,42,54)(H,43,53)(H,44,56)(H,45,57)(H,46,55)(H,47,52)(H,59,60)(H4,38,39,40)/t16-,17-,18-,19+,20-,21-,22-,23-,24-,25-,26-/m0/s1. The number of hydrogen-bond donors (Lipinski definition) is 15. The molecule has 0 saturated carbocycles. The van der Waals surface area contributed by atoms with E-state index in [4.69, 9.17) is 17.2 Å². The summed E-state index contributed by atoms with van der Waals surface area (Å²) in [5, 5.41) is 46.8. The number of aliphatic hydroxyl groups excluding tert-OH is 2. The van der Waals surface area contributed by atoms with Crippen LogP contribution in [0, 0.1) is 5.92 Å². The van der Waals surface area contributed by atoms with Crippen LogP contribution in [0.15, 0.2) is 4.99 Å². The number of nitrogens with one attached hydrogen (secondary N) is 7. The highest BCUT2D eigenvalue weighted by Crippen LogP contribution is 2.20. The van der Waals surface area contributed by atoms with E-state index in [1.165, 1.54) is 20.8 Å². The molecule has 0 aromatic heterocycles. The van der Waals surface area contributed by atoms with Crippen molar-refractivity contribution in [1.29, 1.82) is 0 Å². The van der Waals surface area contributed by atoms with Gasteiger partial charge in [-0.05, 0) is 52.4 Å². The van der Waals surface area contributed by atoms with Crippen LogP contribution in [0.3, 0.4) is 0 Å². The summed E-state index contributed by atoms with van der Waals surface area (Å²) in [6.07, 6.45) is -0.362. The molecule has 0 unspecified atom stereocenters. The van der Waals surface area contributed by atoms with Crippen LogP contribution in [-0.4, -0.2) is 171 Å². The topological polar surface area (TPSA) is 392 Å². The van der Waals surface area contributed by atoms with Crippen LogP contribution in [0.25, 0.3) is 0 Å². The number of nitrogens with zero attached hydrogens (tertiary/aromatic N) is 2. The van der Waals surface area contributed by atoms with Gasteiger partial charge in [0, 0.05) is 24.6 Å². The minimum atomic E-state index is -1.61.